The van der Waals surface area contributed by atoms with Crippen molar-refractivity contribution in [2.75, 3.05) is 0 Å². The van der Waals surface area contributed by atoms with Crippen LogP contribution in [0.2, 0.25) is 0 Å². The molecule has 190 valence electrons. The molecule has 2 aromatic heterocycles. The van der Waals surface area contributed by atoms with Gasteiger partial charge < -0.3 is 4.57 Å². The molecule has 2 heteroatoms. The number of hydrogen-bond donors (Lipinski definition) is 0. The Morgan fingerprint density at radius 1 is 0.525 bits per heavy atom. The highest BCUT2D eigenvalue weighted by atomic mass is 15.0. The number of aromatic nitrogens is 2. The molecular weight excluding hydrogens is 484 g/mol. The summed E-state index contributed by atoms with van der Waals surface area (Å²) in [5, 5.41) is 4.98. The van der Waals surface area contributed by atoms with Crippen LogP contribution in [0, 0.1) is 12.5 Å². The van der Waals surface area contributed by atoms with Crippen LogP contribution < -0.4 is 0 Å². The van der Waals surface area contributed by atoms with E-state index in [1.165, 1.54) is 43.7 Å². The molecule has 0 saturated heterocycles. The third kappa shape index (κ3) is 4.01. The lowest BCUT2D eigenvalue weighted by molar-refractivity contribution is 0.827. The van der Waals surface area contributed by atoms with Gasteiger partial charge in [-0.05, 0) is 59.5 Å². The van der Waals surface area contributed by atoms with Crippen molar-refractivity contribution in [3.8, 4) is 12.5 Å². The summed E-state index contributed by atoms with van der Waals surface area (Å²) in [4.78, 5) is 0. The Hall–Kier alpha value is -5.26. The van der Waals surface area contributed by atoms with Crippen LogP contribution in [0.5, 0.6) is 0 Å². The van der Waals surface area contributed by atoms with Crippen molar-refractivity contribution < 1.29 is 0 Å². The molecule has 0 aliphatic heterocycles. The Morgan fingerprint density at radius 3 is 1.70 bits per heavy atom. The predicted molar refractivity (Wildman–Crippen MR) is 173 cm³/mol. The van der Waals surface area contributed by atoms with Gasteiger partial charge in [0.05, 0.1) is 11.0 Å². The lowest BCUT2D eigenvalue weighted by Gasteiger charge is -2.03. The van der Waals surface area contributed by atoms with Gasteiger partial charge in [0.15, 0.2) is 0 Å². The Bertz CT molecular complexity index is 2140. The largest absolute Gasteiger partial charge is 0.341 e. The maximum Gasteiger partial charge on any atom is 0.0625 e. The average molecular weight is 513 g/mol. The molecule has 7 aromatic rings. The molecule has 0 fully saturated rings. The lowest BCUT2D eigenvalue weighted by Crippen LogP contribution is -1.92. The van der Waals surface area contributed by atoms with Gasteiger partial charge in [-0.15, -0.1) is 0 Å². The molecule has 0 spiro atoms. The van der Waals surface area contributed by atoms with Gasteiger partial charge in [0.1, 0.15) is 0 Å². The van der Waals surface area contributed by atoms with E-state index in [2.05, 4.69) is 145 Å². The van der Waals surface area contributed by atoms with Gasteiger partial charge in [-0.2, -0.15) is 0 Å². The first-order chi connectivity index (χ1) is 19.7. The molecule has 0 unspecified atom stereocenters. The summed E-state index contributed by atoms with van der Waals surface area (Å²) in [6, 6.07) is 41.6. The van der Waals surface area contributed by atoms with E-state index in [1.54, 1.807) is 0 Å². The van der Waals surface area contributed by atoms with Crippen LogP contribution in [0.3, 0.4) is 0 Å². The molecule has 5 aromatic carbocycles. The number of aryl methyl sites for hydroxylation is 1. The van der Waals surface area contributed by atoms with Crippen molar-refractivity contribution in [3.05, 3.63) is 131 Å². The molecule has 0 amide bonds. The van der Waals surface area contributed by atoms with Gasteiger partial charge in [-0.3, -0.25) is 4.57 Å². The molecule has 2 nitrogen and oxygen atoms in total. The fourth-order valence-corrected chi connectivity index (χ4v) is 5.85. The Morgan fingerprint density at radius 2 is 1.02 bits per heavy atom. The second-order valence-electron chi connectivity index (χ2n) is 10.1. The van der Waals surface area contributed by atoms with Crippen molar-refractivity contribution in [1.29, 1.82) is 0 Å². The highest BCUT2D eigenvalue weighted by Crippen LogP contribution is 2.31. The quantitative estimate of drug-likeness (QED) is 0.160. The zero-order valence-corrected chi connectivity index (χ0v) is 22.4. The fraction of sp³-hybridized carbons (Fsp3) is 0.0526. The number of para-hydroxylation sites is 2. The lowest BCUT2D eigenvalue weighted by atomic mass is 10.1. The Kier molecular flexibility index (Phi) is 5.84. The molecule has 2 heterocycles. The maximum absolute atomic E-state index is 5.81. The number of terminal acetylenes is 1. The van der Waals surface area contributed by atoms with Gasteiger partial charge in [0.25, 0.3) is 0 Å². The van der Waals surface area contributed by atoms with Crippen LogP contribution in [0.4, 0.5) is 0 Å². The second-order valence-corrected chi connectivity index (χ2v) is 10.1. The molecule has 0 aliphatic carbocycles. The van der Waals surface area contributed by atoms with Crippen LogP contribution >= 0.6 is 0 Å². The van der Waals surface area contributed by atoms with E-state index in [9.17, 15) is 0 Å². The van der Waals surface area contributed by atoms with Crippen molar-refractivity contribution in [3.63, 3.8) is 0 Å². The number of hydrogen-bond acceptors (Lipinski definition) is 0. The van der Waals surface area contributed by atoms with E-state index < -0.39 is 0 Å². The highest BCUT2D eigenvalue weighted by Gasteiger charge is 2.10. The molecule has 0 aliphatic rings. The average Bonchev–Trinajstić information content (AvgIpc) is 3.50. The SMILES string of the molecule is C#Cn1c2ccccc2c2cc(C=Cc3ccc(C=Cc4ccc5c6ccccc6n(CC)c5c4)cc3)ccc21. The molecule has 40 heavy (non-hydrogen) atoms. The topological polar surface area (TPSA) is 9.86 Å². The van der Waals surface area contributed by atoms with Crippen LogP contribution in [-0.4, -0.2) is 9.13 Å². The summed E-state index contributed by atoms with van der Waals surface area (Å²) < 4.78 is 4.32. The number of fused-ring (bicyclic) bond motifs is 6. The third-order valence-corrected chi connectivity index (χ3v) is 7.81. The Balaban J connectivity index is 1.12. The van der Waals surface area contributed by atoms with E-state index >= 15 is 0 Å². The van der Waals surface area contributed by atoms with E-state index in [0.717, 1.165) is 28.7 Å². The van der Waals surface area contributed by atoms with Gasteiger partial charge in [-0.25, -0.2) is 0 Å². The van der Waals surface area contributed by atoms with Crippen LogP contribution in [0.15, 0.2) is 109 Å². The standard InChI is InChI=1S/C38H28N2/c1-3-39-36-12-8-6-10-32(36)34-25-29(22-24-37(34)39)19-17-27-13-15-28(16-14-27)18-20-30-21-23-33-31-9-5-7-11-35(31)40(4-2)38(33)26-30/h1,5-26H,4H2,2H3. The summed E-state index contributed by atoms with van der Waals surface area (Å²) in [5.74, 6) is 0. The van der Waals surface area contributed by atoms with Crippen molar-refractivity contribution in [2.24, 2.45) is 0 Å². The summed E-state index contributed by atoms with van der Waals surface area (Å²) >= 11 is 0. The van der Waals surface area contributed by atoms with Gasteiger partial charge >= 0.3 is 0 Å². The minimum atomic E-state index is 0.953. The van der Waals surface area contributed by atoms with Crippen LogP contribution in [-0.2, 0) is 6.54 Å². The molecular formula is C38H28N2. The van der Waals surface area contributed by atoms with Crippen molar-refractivity contribution in [2.45, 2.75) is 13.5 Å². The fourth-order valence-electron chi connectivity index (χ4n) is 5.85. The van der Waals surface area contributed by atoms with Crippen molar-refractivity contribution in [1.82, 2.24) is 9.13 Å². The second kappa shape index (κ2) is 9.80. The number of benzene rings is 5. The molecule has 0 bridgehead atoms. The first kappa shape index (κ1) is 23.8. The zero-order valence-electron chi connectivity index (χ0n) is 22.4. The first-order valence-corrected chi connectivity index (χ1v) is 13.7. The smallest absolute Gasteiger partial charge is 0.0625 e. The number of nitrogens with zero attached hydrogens (tertiary/aromatic N) is 2. The first-order valence-electron chi connectivity index (χ1n) is 13.7. The number of rotatable bonds is 5. The summed E-state index contributed by atoms with van der Waals surface area (Å²) in [5.41, 5.74) is 9.41. The monoisotopic (exact) mass is 512 g/mol. The maximum atomic E-state index is 5.81. The minimum Gasteiger partial charge on any atom is -0.341 e. The third-order valence-electron chi connectivity index (χ3n) is 7.81. The zero-order chi connectivity index (χ0) is 27.1. The van der Waals surface area contributed by atoms with E-state index in [4.69, 9.17) is 6.42 Å². The van der Waals surface area contributed by atoms with Crippen LogP contribution in [0.1, 0.15) is 29.2 Å². The molecule has 0 saturated carbocycles. The van der Waals surface area contributed by atoms with E-state index in [1.807, 2.05) is 10.6 Å². The summed E-state index contributed by atoms with van der Waals surface area (Å²) in [6.07, 6.45) is 14.5. The summed E-state index contributed by atoms with van der Waals surface area (Å²) in [7, 11) is 0. The van der Waals surface area contributed by atoms with E-state index in [-0.39, 0.29) is 0 Å². The molecule has 0 atom stereocenters. The molecule has 7 rings (SSSR count). The van der Waals surface area contributed by atoms with Crippen molar-refractivity contribution >= 4 is 67.9 Å². The Labute approximate surface area is 234 Å². The summed E-state index contributed by atoms with van der Waals surface area (Å²) in [6.45, 7) is 3.16. The van der Waals surface area contributed by atoms with Crippen LogP contribution in [0.25, 0.3) is 67.9 Å². The van der Waals surface area contributed by atoms with E-state index in [0.29, 0.717) is 0 Å². The minimum absolute atomic E-state index is 0.953. The van der Waals surface area contributed by atoms with Gasteiger partial charge in [0, 0.05) is 45.2 Å². The molecule has 0 radical (unpaired) electrons. The normalized spacial score (nSPS) is 12.0. The predicted octanol–water partition coefficient (Wildman–Crippen LogP) is 9.70. The van der Waals surface area contributed by atoms with Gasteiger partial charge in [0.2, 0.25) is 0 Å². The highest BCUT2D eigenvalue weighted by molar-refractivity contribution is 6.10. The van der Waals surface area contributed by atoms with Gasteiger partial charge in [-0.1, -0.05) is 110 Å². The molecule has 0 N–H and O–H groups in total.